The van der Waals surface area contributed by atoms with E-state index in [9.17, 15) is 4.79 Å². The smallest absolute Gasteiger partial charge is 0.311 e. The number of nitrogens with two attached hydrogens (primary N) is 1. The minimum atomic E-state index is -0.237. The summed E-state index contributed by atoms with van der Waals surface area (Å²) in [5.41, 5.74) is 7.43. The molecule has 0 saturated heterocycles. The van der Waals surface area contributed by atoms with Gasteiger partial charge in [0.25, 0.3) is 0 Å². The number of rotatable bonds is 4. The number of fused-ring (bicyclic) bond motifs is 1. The first-order chi connectivity index (χ1) is 7.76. The van der Waals surface area contributed by atoms with E-state index in [1.54, 1.807) is 18.7 Å². The van der Waals surface area contributed by atoms with Gasteiger partial charge in [0, 0.05) is 18.8 Å². The third-order valence-corrected chi connectivity index (χ3v) is 3.43. The molecule has 0 aromatic carbocycles. The first kappa shape index (κ1) is 11.5. The van der Waals surface area contributed by atoms with E-state index in [-0.39, 0.29) is 12.4 Å². The van der Waals surface area contributed by atoms with Crippen molar-refractivity contribution in [2.24, 2.45) is 5.73 Å². The number of nitrogens with zero attached hydrogens (tertiary/aromatic N) is 2. The summed E-state index contributed by atoms with van der Waals surface area (Å²) in [6.45, 7) is 3.55. The van der Waals surface area contributed by atoms with E-state index in [0.717, 1.165) is 28.8 Å². The Morgan fingerprint density at radius 3 is 3.19 bits per heavy atom. The van der Waals surface area contributed by atoms with Gasteiger partial charge in [0.15, 0.2) is 5.16 Å². The average Bonchev–Trinajstić information content (AvgIpc) is 2.77. The highest BCUT2D eigenvalue weighted by molar-refractivity contribution is 7.99. The van der Waals surface area contributed by atoms with Gasteiger partial charge in [0.2, 0.25) is 0 Å². The van der Waals surface area contributed by atoms with Gasteiger partial charge in [-0.15, -0.1) is 0 Å². The average molecular weight is 241 g/mol. The van der Waals surface area contributed by atoms with E-state index in [1.807, 2.05) is 0 Å². The molecule has 0 spiro atoms. The summed E-state index contributed by atoms with van der Waals surface area (Å²) in [6.07, 6.45) is 0.223. The summed E-state index contributed by atoms with van der Waals surface area (Å²) in [5.74, 6) is 0.800. The van der Waals surface area contributed by atoms with Crippen molar-refractivity contribution in [1.29, 1.82) is 0 Å². The second kappa shape index (κ2) is 4.88. The predicted octanol–water partition coefficient (Wildman–Crippen LogP) is 0.553. The van der Waals surface area contributed by atoms with Crippen molar-refractivity contribution in [2.75, 3.05) is 12.4 Å². The Labute approximate surface area is 98.4 Å². The van der Waals surface area contributed by atoms with Crippen LogP contribution in [0.15, 0.2) is 5.16 Å². The molecule has 2 N–H and O–H groups in total. The molecular weight excluding hydrogens is 226 g/mol. The summed E-state index contributed by atoms with van der Waals surface area (Å²) in [6, 6.07) is 0. The molecule has 0 unspecified atom stereocenters. The van der Waals surface area contributed by atoms with Crippen LogP contribution in [-0.2, 0) is 29.0 Å². The van der Waals surface area contributed by atoms with E-state index in [1.165, 1.54) is 0 Å². The van der Waals surface area contributed by atoms with Crippen molar-refractivity contribution in [3.8, 4) is 0 Å². The van der Waals surface area contributed by atoms with Gasteiger partial charge in [-0.3, -0.25) is 4.79 Å². The molecule has 6 heteroatoms. The first-order valence-electron chi connectivity index (χ1n) is 5.33. The van der Waals surface area contributed by atoms with Gasteiger partial charge in [0.05, 0.1) is 24.4 Å². The maximum atomic E-state index is 11.4. The Morgan fingerprint density at radius 2 is 2.50 bits per heavy atom. The minimum Gasteiger partial charge on any atom is -0.466 e. The summed E-state index contributed by atoms with van der Waals surface area (Å²) in [5, 5.41) is 0.972. The van der Waals surface area contributed by atoms with E-state index in [2.05, 4.69) is 9.55 Å². The largest absolute Gasteiger partial charge is 0.466 e. The van der Waals surface area contributed by atoms with Crippen LogP contribution >= 0.6 is 11.8 Å². The molecule has 0 aliphatic carbocycles. The van der Waals surface area contributed by atoms with Gasteiger partial charge < -0.3 is 15.0 Å². The molecule has 1 aromatic rings. The van der Waals surface area contributed by atoms with Crippen LogP contribution in [0.3, 0.4) is 0 Å². The number of carbonyl (C=O) groups excluding carboxylic acids is 1. The molecule has 1 aliphatic heterocycles. The quantitative estimate of drug-likeness (QED) is 0.780. The lowest BCUT2D eigenvalue weighted by Crippen LogP contribution is -2.13. The van der Waals surface area contributed by atoms with E-state index in [4.69, 9.17) is 10.5 Å². The predicted molar refractivity (Wildman–Crippen MR) is 61.2 cm³/mol. The number of aromatic nitrogens is 2. The molecule has 1 aromatic heterocycles. The fraction of sp³-hybridized carbons (Fsp3) is 0.600. The van der Waals surface area contributed by atoms with Crippen LogP contribution in [0.25, 0.3) is 0 Å². The lowest BCUT2D eigenvalue weighted by atomic mass is 10.2. The number of imidazole rings is 1. The SMILES string of the molecule is CCOC(=O)Cc1nc2n(c1CN)CCS2. The highest BCUT2D eigenvalue weighted by Gasteiger charge is 2.22. The molecule has 0 atom stereocenters. The number of hydrogen-bond acceptors (Lipinski definition) is 5. The number of thioether (sulfide) groups is 1. The molecular formula is C10H15N3O2S. The zero-order valence-electron chi connectivity index (χ0n) is 9.23. The zero-order chi connectivity index (χ0) is 11.5. The monoisotopic (exact) mass is 241 g/mol. The van der Waals surface area contributed by atoms with Crippen LogP contribution in [0.2, 0.25) is 0 Å². The van der Waals surface area contributed by atoms with Crippen LogP contribution in [0.1, 0.15) is 18.3 Å². The number of carbonyl (C=O) groups is 1. The maximum Gasteiger partial charge on any atom is 0.311 e. The molecule has 16 heavy (non-hydrogen) atoms. The molecule has 0 radical (unpaired) electrons. The molecule has 2 heterocycles. The fourth-order valence-electron chi connectivity index (χ4n) is 1.80. The zero-order valence-corrected chi connectivity index (χ0v) is 10.0. The van der Waals surface area contributed by atoms with Crippen molar-refractivity contribution in [2.45, 2.75) is 31.6 Å². The lowest BCUT2D eigenvalue weighted by molar-refractivity contribution is -0.142. The number of ether oxygens (including phenoxy) is 1. The Morgan fingerprint density at radius 1 is 1.69 bits per heavy atom. The molecule has 5 nitrogen and oxygen atoms in total. The molecule has 0 fully saturated rings. The highest BCUT2D eigenvalue weighted by atomic mass is 32.2. The summed E-state index contributed by atoms with van der Waals surface area (Å²) in [4.78, 5) is 15.8. The molecule has 2 rings (SSSR count). The molecule has 0 amide bonds. The molecule has 1 aliphatic rings. The second-order valence-corrected chi connectivity index (χ2v) is 4.54. The molecule has 0 bridgehead atoms. The fourth-order valence-corrected chi connectivity index (χ4v) is 2.79. The van der Waals surface area contributed by atoms with Crippen LogP contribution in [-0.4, -0.2) is 27.9 Å². The standard InChI is InChI=1S/C10H15N3O2S/c1-2-15-9(14)5-7-8(6-11)13-3-4-16-10(13)12-7/h2-6,11H2,1H3. The van der Waals surface area contributed by atoms with Gasteiger partial charge in [-0.1, -0.05) is 11.8 Å². The lowest BCUT2D eigenvalue weighted by Gasteiger charge is -2.04. The second-order valence-electron chi connectivity index (χ2n) is 3.47. The van der Waals surface area contributed by atoms with Crippen molar-refractivity contribution in [3.63, 3.8) is 0 Å². The van der Waals surface area contributed by atoms with Gasteiger partial charge in [-0.05, 0) is 6.92 Å². The van der Waals surface area contributed by atoms with E-state index >= 15 is 0 Å². The van der Waals surface area contributed by atoms with Crippen LogP contribution < -0.4 is 5.73 Å². The maximum absolute atomic E-state index is 11.4. The minimum absolute atomic E-state index is 0.223. The van der Waals surface area contributed by atoms with Crippen molar-refractivity contribution in [1.82, 2.24) is 9.55 Å². The van der Waals surface area contributed by atoms with Crippen LogP contribution in [0.5, 0.6) is 0 Å². The van der Waals surface area contributed by atoms with Crippen molar-refractivity contribution in [3.05, 3.63) is 11.4 Å². The summed E-state index contributed by atoms with van der Waals surface area (Å²) < 4.78 is 7.01. The molecule has 88 valence electrons. The third kappa shape index (κ3) is 2.08. The molecule has 0 saturated carbocycles. The Hall–Kier alpha value is -1.01. The third-order valence-electron chi connectivity index (χ3n) is 2.48. The van der Waals surface area contributed by atoms with Crippen LogP contribution in [0, 0.1) is 0 Å². The summed E-state index contributed by atoms with van der Waals surface area (Å²) in [7, 11) is 0. The van der Waals surface area contributed by atoms with Gasteiger partial charge in [-0.25, -0.2) is 4.98 Å². The first-order valence-corrected chi connectivity index (χ1v) is 6.31. The topological polar surface area (TPSA) is 70.1 Å². The van der Waals surface area contributed by atoms with E-state index < -0.39 is 0 Å². The normalized spacial score (nSPS) is 13.9. The van der Waals surface area contributed by atoms with Gasteiger partial charge in [-0.2, -0.15) is 0 Å². The van der Waals surface area contributed by atoms with Gasteiger partial charge >= 0.3 is 5.97 Å². The van der Waals surface area contributed by atoms with Crippen molar-refractivity contribution < 1.29 is 9.53 Å². The Balaban J connectivity index is 2.18. The Bertz CT molecular complexity index is 403. The van der Waals surface area contributed by atoms with E-state index in [0.29, 0.717) is 13.2 Å². The van der Waals surface area contributed by atoms with Gasteiger partial charge in [0.1, 0.15) is 0 Å². The van der Waals surface area contributed by atoms with Crippen LogP contribution in [0.4, 0.5) is 0 Å². The summed E-state index contributed by atoms with van der Waals surface area (Å²) >= 11 is 1.70. The Kier molecular flexibility index (Phi) is 3.50. The van der Waals surface area contributed by atoms with Crippen molar-refractivity contribution >= 4 is 17.7 Å². The number of esters is 1. The highest BCUT2D eigenvalue weighted by Crippen LogP contribution is 2.28. The number of hydrogen-bond donors (Lipinski definition) is 1.